The number of ketones is 1. The molecule has 1 spiro atoms. The first-order valence-electron chi connectivity index (χ1n) is 8.21. The van der Waals surface area contributed by atoms with E-state index in [1.165, 1.54) is 6.92 Å². The van der Waals surface area contributed by atoms with Crippen molar-refractivity contribution in [3.63, 3.8) is 0 Å². The van der Waals surface area contributed by atoms with Crippen molar-refractivity contribution in [1.29, 1.82) is 0 Å². The van der Waals surface area contributed by atoms with Crippen molar-refractivity contribution in [3.05, 3.63) is 0 Å². The van der Waals surface area contributed by atoms with Crippen LogP contribution in [0.4, 0.5) is 0 Å². The molecule has 2 fully saturated rings. The Balaban J connectivity index is 2.24. The van der Waals surface area contributed by atoms with Crippen molar-refractivity contribution in [2.24, 2.45) is 11.3 Å². The van der Waals surface area contributed by atoms with Gasteiger partial charge in [-0.2, -0.15) is 0 Å². The number of esters is 1. The van der Waals surface area contributed by atoms with Crippen LogP contribution in [-0.2, 0) is 19.1 Å². The smallest absolute Gasteiger partial charge is 0.302 e. The molecule has 5 atom stereocenters. The number of aliphatic hydroxyl groups excluding tert-OH is 1. The largest absolute Gasteiger partial charge is 0.462 e. The summed E-state index contributed by atoms with van der Waals surface area (Å²) in [4.78, 5) is 23.5. The van der Waals surface area contributed by atoms with E-state index >= 15 is 0 Å². The minimum Gasteiger partial charge on any atom is -0.462 e. The van der Waals surface area contributed by atoms with Gasteiger partial charge in [-0.3, -0.25) is 9.59 Å². The maximum Gasteiger partial charge on any atom is 0.302 e. The Kier molecular flexibility index (Phi) is 4.69. The van der Waals surface area contributed by atoms with Gasteiger partial charge in [-0.05, 0) is 26.2 Å². The number of carbonyl (C=O) groups excluding carboxylic acids is 2. The zero-order valence-electron chi connectivity index (χ0n) is 14.2. The molecule has 1 saturated heterocycles. The van der Waals surface area contributed by atoms with E-state index in [0.29, 0.717) is 19.3 Å². The van der Waals surface area contributed by atoms with E-state index in [1.54, 1.807) is 6.92 Å². The van der Waals surface area contributed by atoms with Crippen molar-refractivity contribution in [3.8, 4) is 0 Å². The molecule has 0 radical (unpaired) electrons. The van der Waals surface area contributed by atoms with Crippen LogP contribution in [0.15, 0.2) is 0 Å². The highest BCUT2D eigenvalue weighted by Crippen LogP contribution is 2.62. The highest BCUT2D eigenvalue weighted by molar-refractivity contribution is 5.81. The van der Waals surface area contributed by atoms with E-state index in [9.17, 15) is 14.7 Å². The number of carbonyl (C=O) groups is 2. The van der Waals surface area contributed by atoms with E-state index < -0.39 is 29.1 Å². The molecule has 0 amide bonds. The lowest BCUT2D eigenvalue weighted by molar-refractivity contribution is -0.163. The molecule has 2 rings (SSSR count). The number of epoxide rings is 1. The fourth-order valence-electron chi connectivity index (χ4n) is 4.43. The average Bonchev–Trinajstić information content (AvgIpc) is 3.10. The standard InChI is InChI=1S/C17H28O5/c1-6-7-12(20)15-17(22-15)9-8-13(21-11(3)19)14(10(2)18)16(17,4)5/h12-15,20H,6-9H2,1-5H3/t12-,13-,14-,15-,17-/m1/s1. The molecule has 1 saturated carbocycles. The third-order valence-electron chi connectivity index (χ3n) is 5.47. The monoisotopic (exact) mass is 312 g/mol. The molecule has 0 bridgehead atoms. The minimum absolute atomic E-state index is 0.00885. The van der Waals surface area contributed by atoms with Crippen LogP contribution in [0.5, 0.6) is 0 Å². The quantitative estimate of drug-likeness (QED) is 0.622. The van der Waals surface area contributed by atoms with Crippen LogP contribution in [0.1, 0.15) is 60.3 Å². The highest BCUT2D eigenvalue weighted by atomic mass is 16.6. The fourth-order valence-corrected chi connectivity index (χ4v) is 4.43. The van der Waals surface area contributed by atoms with Gasteiger partial charge in [0.25, 0.3) is 0 Å². The first kappa shape index (κ1) is 17.4. The number of rotatable bonds is 5. The molecular formula is C17H28O5. The maximum atomic E-state index is 12.2. The van der Waals surface area contributed by atoms with Crippen molar-refractivity contribution in [1.82, 2.24) is 0 Å². The topological polar surface area (TPSA) is 76.1 Å². The summed E-state index contributed by atoms with van der Waals surface area (Å²) in [5, 5.41) is 10.3. The van der Waals surface area contributed by atoms with E-state index in [1.807, 2.05) is 20.8 Å². The second kappa shape index (κ2) is 5.93. The Morgan fingerprint density at radius 3 is 2.50 bits per heavy atom. The predicted octanol–water partition coefficient (Wildman–Crippen LogP) is 2.24. The van der Waals surface area contributed by atoms with Gasteiger partial charge in [0.15, 0.2) is 0 Å². The van der Waals surface area contributed by atoms with Gasteiger partial charge in [0.1, 0.15) is 23.6 Å². The Hall–Kier alpha value is -0.940. The van der Waals surface area contributed by atoms with E-state index in [0.717, 1.165) is 6.42 Å². The first-order valence-corrected chi connectivity index (χ1v) is 8.21. The number of hydrogen-bond acceptors (Lipinski definition) is 5. The van der Waals surface area contributed by atoms with Gasteiger partial charge in [-0.1, -0.05) is 27.2 Å². The summed E-state index contributed by atoms with van der Waals surface area (Å²) >= 11 is 0. The SMILES string of the molecule is CCC[C@@H](O)[C@H]1O[C@]12CC[C@@H](OC(C)=O)[C@@H](C(C)=O)C2(C)C. The van der Waals surface area contributed by atoms with Crippen molar-refractivity contribution in [2.75, 3.05) is 0 Å². The number of ether oxygens (including phenoxy) is 2. The zero-order chi connectivity index (χ0) is 16.7. The van der Waals surface area contributed by atoms with Crippen molar-refractivity contribution >= 4 is 11.8 Å². The van der Waals surface area contributed by atoms with Gasteiger partial charge in [-0.15, -0.1) is 0 Å². The van der Waals surface area contributed by atoms with E-state index in [-0.39, 0.29) is 17.9 Å². The molecule has 126 valence electrons. The summed E-state index contributed by atoms with van der Waals surface area (Å²) < 4.78 is 11.4. The molecule has 1 aliphatic carbocycles. The van der Waals surface area contributed by atoms with Gasteiger partial charge >= 0.3 is 5.97 Å². The molecule has 1 heterocycles. The van der Waals surface area contributed by atoms with Crippen molar-refractivity contribution < 1.29 is 24.2 Å². The van der Waals surface area contributed by atoms with Crippen LogP contribution < -0.4 is 0 Å². The Morgan fingerprint density at radius 1 is 1.36 bits per heavy atom. The van der Waals surface area contributed by atoms with Gasteiger partial charge in [0.05, 0.1) is 12.0 Å². The second-order valence-electron chi connectivity index (χ2n) is 7.28. The lowest BCUT2D eigenvalue weighted by atomic mass is 9.58. The van der Waals surface area contributed by atoms with Crippen LogP contribution >= 0.6 is 0 Å². The summed E-state index contributed by atoms with van der Waals surface area (Å²) in [6.07, 6.45) is 1.77. The lowest BCUT2D eigenvalue weighted by Gasteiger charge is -2.46. The molecule has 0 unspecified atom stereocenters. The molecule has 22 heavy (non-hydrogen) atoms. The van der Waals surface area contributed by atoms with Gasteiger partial charge in [0, 0.05) is 12.3 Å². The molecule has 5 nitrogen and oxygen atoms in total. The molecule has 0 aromatic rings. The summed E-state index contributed by atoms with van der Waals surface area (Å²) in [6.45, 7) is 8.93. The molecule has 0 aromatic carbocycles. The Bertz CT molecular complexity index is 458. The summed E-state index contributed by atoms with van der Waals surface area (Å²) in [6, 6.07) is 0. The molecule has 1 N–H and O–H groups in total. The van der Waals surface area contributed by atoms with Crippen LogP contribution in [-0.4, -0.2) is 40.8 Å². The van der Waals surface area contributed by atoms with Gasteiger partial charge in [-0.25, -0.2) is 0 Å². The maximum absolute atomic E-state index is 12.2. The Morgan fingerprint density at radius 2 is 2.00 bits per heavy atom. The zero-order valence-corrected chi connectivity index (χ0v) is 14.2. The minimum atomic E-state index is -0.498. The van der Waals surface area contributed by atoms with Crippen LogP contribution in [0.2, 0.25) is 0 Å². The summed E-state index contributed by atoms with van der Waals surface area (Å²) in [5.41, 5.74) is -0.953. The summed E-state index contributed by atoms with van der Waals surface area (Å²) in [7, 11) is 0. The van der Waals surface area contributed by atoms with Gasteiger partial charge < -0.3 is 14.6 Å². The predicted molar refractivity (Wildman–Crippen MR) is 81.3 cm³/mol. The van der Waals surface area contributed by atoms with Gasteiger partial charge in [0.2, 0.25) is 0 Å². The average molecular weight is 312 g/mol. The number of hydrogen-bond donors (Lipinski definition) is 1. The molecular weight excluding hydrogens is 284 g/mol. The highest BCUT2D eigenvalue weighted by Gasteiger charge is 2.72. The number of aliphatic hydroxyl groups is 1. The lowest BCUT2D eigenvalue weighted by Crippen LogP contribution is -2.55. The molecule has 5 heteroatoms. The molecule has 2 aliphatic rings. The molecule has 0 aromatic heterocycles. The second-order valence-corrected chi connectivity index (χ2v) is 7.28. The third-order valence-corrected chi connectivity index (χ3v) is 5.47. The third kappa shape index (κ3) is 2.69. The molecule has 1 aliphatic heterocycles. The Labute approximate surface area is 132 Å². The number of Topliss-reactive ketones (excluding diaryl/α,β-unsaturated/α-hetero) is 1. The summed E-state index contributed by atoms with van der Waals surface area (Å²) in [5.74, 6) is -0.749. The fraction of sp³-hybridized carbons (Fsp3) is 0.882. The van der Waals surface area contributed by atoms with Crippen molar-refractivity contribution in [2.45, 2.75) is 84.2 Å². The van der Waals surface area contributed by atoms with Crippen LogP contribution in [0.25, 0.3) is 0 Å². The van der Waals surface area contributed by atoms with E-state index in [4.69, 9.17) is 9.47 Å². The van der Waals surface area contributed by atoms with Crippen LogP contribution in [0.3, 0.4) is 0 Å². The van der Waals surface area contributed by atoms with E-state index in [2.05, 4.69) is 0 Å². The van der Waals surface area contributed by atoms with Crippen LogP contribution in [0, 0.1) is 11.3 Å². The first-order chi connectivity index (χ1) is 10.2. The normalized spacial score (nSPS) is 37.6.